The van der Waals surface area contributed by atoms with E-state index in [9.17, 15) is 4.79 Å². The molecule has 1 rings (SSSR count). The zero-order chi connectivity index (χ0) is 14.3. The lowest BCUT2D eigenvalue weighted by atomic mass is 10.1. The molecule has 0 aliphatic rings. The molecule has 102 valence electrons. The lowest BCUT2D eigenvalue weighted by molar-refractivity contribution is 0.0787. The van der Waals surface area contributed by atoms with Gasteiger partial charge >= 0.3 is 0 Å². The molecule has 0 saturated carbocycles. The third-order valence-electron chi connectivity index (χ3n) is 2.55. The van der Waals surface area contributed by atoms with Gasteiger partial charge in [0.15, 0.2) is 5.75 Å². The van der Waals surface area contributed by atoms with E-state index in [2.05, 4.69) is 13.2 Å². The second kappa shape index (κ2) is 7.26. The molecule has 4 nitrogen and oxygen atoms in total. The van der Waals surface area contributed by atoms with Gasteiger partial charge in [0, 0.05) is 13.1 Å². The van der Waals surface area contributed by atoms with Gasteiger partial charge in [-0.25, -0.2) is 0 Å². The molecule has 0 radical (unpaired) electrons. The van der Waals surface area contributed by atoms with Crippen LogP contribution in [0.15, 0.2) is 43.5 Å². The van der Waals surface area contributed by atoms with E-state index in [1.54, 1.807) is 35.3 Å². The zero-order valence-electron chi connectivity index (χ0n) is 11.3. The zero-order valence-corrected chi connectivity index (χ0v) is 11.3. The Labute approximate surface area is 114 Å². The second-order valence-electron chi connectivity index (χ2n) is 3.94. The van der Waals surface area contributed by atoms with Crippen molar-refractivity contribution in [1.82, 2.24) is 4.90 Å². The van der Waals surface area contributed by atoms with Gasteiger partial charge in [0.2, 0.25) is 0 Å². The minimum Gasteiger partial charge on any atom is -0.491 e. The van der Waals surface area contributed by atoms with E-state index in [4.69, 9.17) is 10.5 Å². The number of ether oxygens (including phenoxy) is 1. The number of amides is 1. The molecule has 1 aromatic rings. The first kappa shape index (κ1) is 14.8. The number of hydrogen-bond donors (Lipinski definition) is 1. The van der Waals surface area contributed by atoms with Crippen molar-refractivity contribution in [1.29, 1.82) is 0 Å². The van der Waals surface area contributed by atoms with Gasteiger partial charge < -0.3 is 15.4 Å². The number of hydrogen-bond acceptors (Lipinski definition) is 3. The Morgan fingerprint density at radius 2 is 2.00 bits per heavy atom. The van der Waals surface area contributed by atoms with E-state index < -0.39 is 0 Å². The fourth-order valence-corrected chi connectivity index (χ4v) is 1.75. The largest absolute Gasteiger partial charge is 0.491 e. The minimum atomic E-state index is -0.143. The number of nitrogens with zero attached hydrogens (tertiary/aromatic N) is 1. The van der Waals surface area contributed by atoms with Crippen molar-refractivity contribution in [2.24, 2.45) is 0 Å². The summed E-state index contributed by atoms with van der Waals surface area (Å²) in [4.78, 5) is 14.1. The van der Waals surface area contributed by atoms with Crippen LogP contribution in [0.2, 0.25) is 0 Å². The van der Waals surface area contributed by atoms with E-state index >= 15 is 0 Å². The number of para-hydroxylation sites is 1. The second-order valence-corrected chi connectivity index (χ2v) is 3.94. The maximum atomic E-state index is 12.5. The van der Waals surface area contributed by atoms with Crippen LogP contribution in [-0.2, 0) is 0 Å². The third kappa shape index (κ3) is 3.61. The Hall–Kier alpha value is -2.23. The molecule has 0 atom stereocenters. The predicted molar refractivity (Wildman–Crippen MR) is 78.3 cm³/mol. The molecule has 19 heavy (non-hydrogen) atoms. The van der Waals surface area contributed by atoms with Gasteiger partial charge in [-0.15, -0.1) is 13.2 Å². The van der Waals surface area contributed by atoms with Crippen molar-refractivity contribution in [3.63, 3.8) is 0 Å². The molecule has 0 fully saturated rings. The average Bonchev–Trinajstić information content (AvgIpc) is 2.40. The summed E-state index contributed by atoms with van der Waals surface area (Å²) in [6, 6.07) is 5.17. The molecule has 0 aliphatic carbocycles. The number of anilines is 1. The van der Waals surface area contributed by atoms with Crippen LogP contribution in [0.4, 0.5) is 5.69 Å². The Balaban J connectivity index is 3.12. The van der Waals surface area contributed by atoms with Gasteiger partial charge in [0.05, 0.1) is 17.9 Å². The first-order valence-corrected chi connectivity index (χ1v) is 6.18. The summed E-state index contributed by atoms with van der Waals surface area (Å²) < 4.78 is 5.47. The van der Waals surface area contributed by atoms with E-state index in [1.807, 2.05) is 6.92 Å². The summed E-state index contributed by atoms with van der Waals surface area (Å²) in [5, 5.41) is 0. The summed E-state index contributed by atoms with van der Waals surface area (Å²) in [6.45, 7) is 10.5. The van der Waals surface area contributed by atoms with E-state index in [0.717, 1.165) is 0 Å². The summed E-state index contributed by atoms with van der Waals surface area (Å²) in [7, 11) is 0. The molecular weight excluding hydrogens is 240 g/mol. The van der Waals surface area contributed by atoms with Crippen molar-refractivity contribution >= 4 is 11.6 Å². The molecule has 0 saturated heterocycles. The fourth-order valence-electron chi connectivity index (χ4n) is 1.75. The van der Waals surface area contributed by atoms with Gasteiger partial charge in [-0.2, -0.15) is 0 Å². The normalized spacial score (nSPS) is 9.74. The van der Waals surface area contributed by atoms with Crippen LogP contribution in [0.25, 0.3) is 0 Å². The number of nitrogen functional groups attached to an aromatic ring is 1. The van der Waals surface area contributed by atoms with Crippen LogP contribution in [0.1, 0.15) is 17.3 Å². The van der Waals surface area contributed by atoms with Crippen LogP contribution in [0, 0.1) is 0 Å². The average molecular weight is 260 g/mol. The predicted octanol–water partition coefficient (Wildman–Crippen LogP) is 2.48. The first-order valence-electron chi connectivity index (χ1n) is 6.18. The summed E-state index contributed by atoms with van der Waals surface area (Å²) in [5.41, 5.74) is 6.78. The maximum Gasteiger partial charge on any atom is 0.258 e. The molecule has 4 heteroatoms. The van der Waals surface area contributed by atoms with Crippen LogP contribution in [-0.4, -0.2) is 30.5 Å². The molecular formula is C15H20N2O2. The van der Waals surface area contributed by atoms with Crippen molar-refractivity contribution in [3.8, 4) is 5.75 Å². The van der Waals surface area contributed by atoms with Crippen LogP contribution in [0.5, 0.6) is 5.75 Å². The number of carbonyl (C=O) groups is 1. The summed E-state index contributed by atoms with van der Waals surface area (Å²) >= 11 is 0. The van der Waals surface area contributed by atoms with Gasteiger partial charge in [0.25, 0.3) is 5.91 Å². The number of nitrogens with two attached hydrogens (primary N) is 1. The highest BCUT2D eigenvalue weighted by Crippen LogP contribution is 2.27. The Bertz CT molecular complexity index is 459. The van der Waals surface area contributed by atoms with Crippen molar-refractivity contribution in [2.75, 3.05) is 25.4 Å². The molecule has 1 aromatic carbocycles. The smallest absolute Gasteiger partial charge is 0.258 e. The number of carbonyl (C=O) groups excluding carboxylic acids is 1. The van der Waals surface area contributed by atoms with Gasteiger partial charge in [0.1, 0.15) is 0 Å². The van der Waals surface area contributed by atoms with Gasteiger partial charge in [-0.1, -0.05) is 18.2 Å². The Morgan fingerprint density at radius 3 is 2.53 bits per heavy atom. The highest BCUT2D eigenvalue weighted by Gasteiger charge is 2.19. The van der Waals surface area contributed by atoms with E-state index in [-0.39, 0.29) is 5.91 Å². The minimum absolute atomic E-state index is 0.143. The maximum absolute atomic E-state index is 12.5. The van der Waals surface area contributed by atoms with Crippen molar-refractivity contribution < 1.29 is 9.53 Å². The Morgan fingerprint density at radius 1 is 1.37 bits per heavy atom. The molecule has 0 aromatic heterocycles. The SMILES string of the molecule is C=CCN(CC=C)C(=O)c1cccc(N)c1OCC. The standard InChI is InChI=1S/C15H20N2O2/c1-4-10-17(11-5-2)15(18)12-8-7-9-13(16)14(12)19-6-3/h4-5,7-9H,1-2,6,10-11,16H2,3H3. The lowest BCUT2D eigenvalue weighted by Crippen LogP contribution is -2.31. The molecule has 2 N–H and O–H groups in total. The lowest BCUT2D eigenvalue weighted by Gasteiger charge is -2.21. The first-order chi connectivity index (χ1) is 9.15. The Kier molecular flexibility index (Phi) is 5.67. The highest BCUT2D eigenvalue weighted by atomic mass is 16.5. The third-order valence-corrected chi connectivity index (χ3v) is 2.55. The molecule has 0 heterocycles. The van der Waals surface area contributed by atoms with Crippen molar-refractivity contribution in [2.45, 2.75) is 6.92 Å². The van der Waals surface area contributed by atoms with Gasteiger partial charge in [-0.3, -0.25) is 4.79 Å². The van der Waals surface area contributed by atoms with Crippen LogP contribution in [0.3, 0.4) is 0 Å². The van der Waals surface area contributed by atoms with Crippen LogP contribution < -0.4 is 10.5 Å². The molecule has 0 spiro atoms. The molecule has 0 aliphatic heterocycles. The van der Waals surface area contributed by atoms with Crippen LogP contribution >= 0.6 is 0 Å². The highest BCUT2D eigenvalue weighted by molar-refractivity contribution is 5.98. The fraction of sp³-hybridized carbons (Fsp3) is 0.267. The quantitative estimate of drug-likeness (QED) is 0.605. The van der Waals surface area contributed by atoms with Crippen molar-refractivity contribution in [3.05, 3.63) is 49.1 Å². The monoisotopic (exact) mass is 260 g/mol. The number of benzene rings is 1. The molecule has 0 unspecified atom stereocenters. The van der Waals surface area contributed by atoms with Gasteiger partial charge in [-0.05, 0) is 19.1 Å². The molecule has 1 amide bonds. The topological polar surface area (TPSA) is 55.6 Å². The summed E-state index contributed by atoms with van der Waals surface area (Å²) in [6.07, 6.45) is 3.35. The number of rotatable bonds is 7. The molecule has 0 bridgehead atoms. The summed E-state index contributed by atoms with van der Waals surface area (Å²) in [5.74, 6) is 0.295. The van der Waals surface area contributed by atoms with E-state index in [1.165, 1.54) is 0 Å². The van der Waals surface area contributed by atoms with E-state index in [0.29, 0.717) is 36.7 Å².